The Kier molecular flexibility index (Phi) is 5.77. The van der Waals surface area contributed by atoms with E-state index in [9.17, 15) is 9.59 Å². The summed E-state index contributed by atoms with van der Waals surface area (Å²) < 4.78 is 5.93. The summed E-state index contributed by atoms with van der Waals surface area (Å²) in [6.07, 6.45) is 1.72. The standard InChI is InChI=1S/C16H23N3O3/c1-12-2-4-13(5-3-12)22-14-6-8-19(9-7-14)16(21)11-18-15(20)10-17/h2-5,14H,6-11,17H2,1H3,(H,18,20). The minimum Gasteiger partial charge on any atom is -0.490 e. The minimum atomic E-state index is -0.314. The zero-order valence-electron chi connectivity index (χ0n) is 12.9. The first kappa shape index (κ1) is 16.3. The van der Waals surface area contributed by atoms with Gasteiger partial charge in [-0.3, -0.25) is 9.59 Å². The van der Waals surface area contributed by atoms with E-state index in [1.165, 1.54) is 5.56 Å². The van der Waals surface area contributed by atoms with Crippen molar-refractivity contribution < 1.29 is 14.3 Å². The molecule has 0 radical (unpaired) electrons. The summed E-state index contributed by atoms with van der Waals surface area (Å²) in [6.45, 7) is 3.25. The van der Waals surface area contributed by atoms with Crippen molar-refractivity contribution >= 4 is 11.8 Å². The van der Waals surface area contributed by atoms with E-state index in [0.29, 0.717) is 13.1 Å². The summed E-state index contributed by atoms with van der Waals surface area (Å²) in [6, 6.07) is 7.98. The van der Waals surface area contributed by atoms with Crippen LogP contribution in [0.2, 0.25) is 0 Å². The molecular weight excluding hydrogens is 282 g/mol. The van der Waals surface area contributed by atoms with E-state index in [0.717, 1.165) is 18.6 Å². The molecule has 1 aromatic rings. The number of benzene rings is 1. The summed E-state index contributed by atoms with van der Waals surface area (Å²) >= 11 is 0. The number of likely N-dealkylation sites (tertiary alicyclic amines) is 1. The van der Waals surface area contributed by atoms with Crippen LogP contribution in [0.1, 0.15) is 18.4 Å². The maximum Gasteiger partial charge on any atom is 0.241 e. The van der Waals surface area contributed by atoms with E-state index in [2.05, 4.69) is 5.32 Å². The molecule has 2 rings (SSSR count). The molecule has 0 atom stereocenters. The molecule has 0 unspecified atom stereocenters. The lowest BCUT2D eigenvalue weighted by Gasteiger charge is -2.32. The van der Waals surface area contributed by atoms with Gasteiger partial charge in [-0.15, -0.1) is 0 Å². The molecule has 3 N–H and O–H groups in total. The highest BCUT2D eigenvalue weighted by atomic mass is 16.5. The Labute approximate surface area is 130 Å². The van der Waals surface area contributed by atoms with Gasteiger partial charge in [-0.1, -0.05) is 17.7 Å². The predicted molar refractivity (Wildman–Crippen MR) is 83.5 cm³/mol. The van der Waals surface area contributed by atoms with Gasteiger partial charge in [0.05, 0.1) is 13.1 Å². The molecule has 0 aromatic heterocycles. The molecule has 2 amide bonds. The third-order valence-corrected chi connectivity index (χ3v) is 3.74. The highest BCUT2D eigenvalue weighted by Gasteiger charge is 2.23. The number of nitrogens with zero attached hydrogens (tertiary/aromatic N) is 1. The fourth-order valence-corrected chi connectivity index (χ4v) is 2.39. The van der Waals surface area contributed by atoms with E-state index < -0.39 is 0 Å². The lowest BCUT2D eigenvalue weighted by Crippen LogP contribution is -2.46. The van der Waals surface area contributed by atoms with Gasteiger partial charge >= 0.3 is 0 Å². The number of rotatable bonds is 5. The van der Waals surface area contributed by atoms with Crippen LogP contribution >= 0.6 is 0 Å². The fraction of sp³-hybridized carbons (Fsp3) is 0.500. The number of piperidine rings is 1. The van der Waals surface area contributed by atoms with Gasteiger partial charge in [0.2, 0.25) is 11.8 Å². The number of hydrogen-bond acceptors (Lipinski definition) is 4. The van der Waals surface area contributed by atoms with E-state index in [-0.39, 0.29) is 31.0 Å². The number of carbonyl (C=O) groups excluding carboxylic acids is 2. The van der Waals surface area contributed by atoms with Gasteiger partial charge in [0.15, 0.2) is 0 Å². The van der Waals surface area contributed by atoms with Crippen molar-refractivity contribution in [3.63, 3.8) is 0 Å². The average Bonchev–Trinajstić information content (AvgIpc) is 2.55. The van der Waals surface area contributed by atoms with Gasteiger partial charge in [-0.05, 0) is 19.1 Å². The van der Waals surface area contributed by atoms with Crippen molar-refractivity contribution in [2.24, 2.45) is 5.73 Å². The van der Waals surface area contributed by atoms with Gasteiger partial charge in [0.1, 0.15) is 11.9 Å². The Morgan fingerprint density at radius 2 is 1.91 bits per heavy atom. The van der Waals surface area contributed by atoms with Crippen LogP contribution in [0, 0.1) is 6.92 Å². The second-order valence-corrected chi connectivity index (χ2v) is 5.49. The summed E-state index contributed by atoms with van der Waals surface area (Å²) in [7, 11) is 0. The first-order chi connectivity index (χ1) is 10.6. The van der Waals surface area contributed by atoms with E-state index in [1.807, 2.05) is 31.2 Å². The quantitative estimate of drug-likeness (QED) is 0.826. The van der Waals surface area contributed by atoms with E-state index in [4.69, 9.17) is 10.5 Å². The molecular formula is C16H23N3O3. The van der Waals surface area contributed by atoms with Crippen LogP contribution in [-0.4, -0.2) is 49.0 Å². The third kappa shape index (κ3) is 4.73. The second kappa shape index (κ2) is 7.79. The fourth-order valence-electron chi connectivity index (χ4n) is 2.39. The summed E-state index contributed by atoms with van der Waals surface area (Å²) in [4.78, 5) is 24.8. The highest BCUT2D eigenvalue weighted by Crippen LogP contribution is 2.19. The molecule has 120 valence electrons. The van der Waals surface area contributed by atoms with Crippen LogP contribution in [-0.2, 0) is 9.59 Å². The van der Waals surface area contributed by atoms with Gasteiger partial charge < -0.3 is 20.7 Å². The molecule has 0 bridgehead atoms. The SMILES string of the molecule is Cc1ccc(OC2CCN(C(=O)CNC(=O)CN)CC2)cc1. The number of aryl methyl sites for hydroxylation is 1. The molecule has 6 nitrogen and oxygen atoms in total. The largest absolute Gasteiger partial charge is 0.490 e. The molecule has 1 heterocycles. The van der Waals surface area contributed by atoms with Crippen molar-refractivity contribution in [1.29, 1.82) is 0 Å². The average molecular weight is 305 g/mol. The summed E-state index contributed by atoms with van der Waals surface area (Å²) in [5.74, 6) is 0.479. The number of nitrogens with one attached hydrogen (secondary N) is 1. The first-order valence-electron chi connectivity index (χ1n) is 7.56. The van der Waals surface area contributed by atoms with Crippen molar-refractivity contribution in [3.05, 3.63) is 29.8 Å². The van der Waals surface area contributed by atoms with Gasteiger partial charge in [0, 0.05) is 25.9 Å². The molecule has 22 heavy (non-hydrogen) atoms. The topological polar surface area (TPSA) is 84.7 Å². The Balaban J connectivity index is 1.74. The monoisotopic (exact) mass is 305 g/mol. The van der Waals surface area contributed by atoms with Crippen LogP contribution in [0.3, 0.4) is 0 Å². The Bertz CT molecular complexity index is 508. The molecule has 1 saturated heterocycles. The molecule has 0 saturated carbocycles. The zero-order chi connectivity index (χ0) is 15.9. The van der Waals surface area contributed by atoms with Crippen LogP contribution in [0.5, 0.6) is 5.75 Å². The lowest BCUT2D eigenvalue weighted by molar-refractivity contribution is -0.134. The van der Waals surface area contributed by atoms with Gasteiger partial charge in [-0.2, -0.15) is 0 Å². The Morgan fingerprint density at radius 3 is 2.50 bits per heavy atom. The van der Waals surface area contributed by atoms with Crippen LogP contribution < -0.4 is 15.8 Å². The van der Waals surface area contributed by atoms with Crippen LogP contribution in [0.4, 0.5) is 0 Å². The highest BCUT2D eigenvalue weighted by molar-refractivity contribution is 5.85. The smallest absolute Gasteiger partial charge is 0.241 e. The maximum atomic E-state index is 12.0. The molecule has 0 aliphatic carbocycles. The second-order valence-electron chi connectivity index (χ2n) is 5.49. The first-order valence-corrected chi connectivity index (χ1v) is 7.56. The van der Waals surface area contributed by atoms with Crippen molar-refractivity contribution in [2.45, 2.75) is 25.9 Å². The Morgan fingerprint density at radius 1 is 1.27 bits per heavy atom. The molecule has 1 aliphatic rings. The summed E-state index contributed by atoms with van der Waals surface area (Å²) in [5.41, 5.74) is 6.39. The molecule has 6 heteroatoms. The third-order valence-electron chi connectivity index (χ3n) is 3.74. The van der Waals surface area contributed by atoms with Crippen LogP contribution in [0.15, 0.2) is 24.3 Å². The summed E-state index contributed by atoms with van der Waals surface area (Å²) in [5, 5.41) is 2.50. The number of nitrogens with two attached hydrogens (primary N) is 1. The van der Waals surface area contributed by atoms with Crippen molar-refractivity contribution in [3.8, 4) is 5.75 Å². The number of carbonyl (C=O) groups is 2. The number of ether oxygens (including phenoxy) is 1. The molecule has 1 aliphatic heterocycles. The Hall–Kier alpha value is -2.08. The van der Waals surface area contributed by atoms with E-state index in [1.54, 1.807) is 4.90 Å². The van der Waals surface area contributed by atoms with E-state index >= 15 is 0 Å². The van der Waals surface area contributed by atoms with Crippen LogP contribution in [0.25, 0.3) is 0 Å². The van der Waals surface area contributed by atoms with Gasteiger partial charge in [0.25, 0.3) is 0 Å². The molecule has 0 spiro atoms. The minimum absolute atomic E-state index is 0.0134. The van der Waals surface area contributed by atoms with Crippen molar-refractivity contribution in [2.75, 3.05) is 26.2 Å². The zero-order valence-corrected chi connectivity index (χ0v) is 12.9. The number of hydrogen-bond donors (Lipinski definition) is 2. The molecule has 1 fully saturated rings. The molecule has 1 aromatic carbocycles. The predicted octanol–water partition coefficient (Wildman–Crippen LogP) is 0.440. The maximum absolute atomic E-state index is 12.0. The lowest BCUT2D eigenvalue weighted by atomic mass is 10.1. The van der Waals surface area contributed by atoms with Gasteiger partial charge in [-0.25, -0.2) is 0 Å². The van der Waals surface area contributed by atoms with Crippen molar-refractivity contribution in [1.82, 2.24) is 10.2 Å². The number of amides is 2. The normalized spacial score (nSPS) is 15.5.